The Bertz CT molecular complexity index is 871. The lowest BCUT2D eigenvalue weighted by molar-refractivity contribution is -0.144. The molecule has 1 fully saturated rings. The third-order valence-corrected chi connectivity index (χ3v) is 5.98. The number of amides is 1. The van der Waals surface area contributed by atoms with Gasteiger partial charge >= 0.3 is 5.97 Å². The Morgan fingerprint density at radius 2 is 1.93 bits per heavy atom. The summed E-state index contributed by atoms with van der Waals surface area (Å²) in [5.41, 5.74) is 1.26. The molecule has 0 spiro atoms. The van der Waals surface area contributed by atoms with Gasteiger partial charge in [0.25, 0.3) is 0 Å². The number of methoxy groups -OCH3 is 2. The summed E-state index contributed by atoms with van der Waals surface area (Å²) in [5.74, 6) is -1.02. The van der Waals surface area contributed by atoms with Crippen LogP contribution in [0.4, 0.5) is 4.39 Å². The van der Waals surface area contributed by atoms with Crippen LogP contribution >= 0.6 is 11.8 Å². The summed E-state index contributed by atoms with van der Waals surface area (Å²) in [6.07, 6.45) is -0.112. The minimum atomic E-state index is -1.33. The number of benzene rings is 2. The number of aryl methyl sites for hydroxylation is 1. The second kappa shape index (κ2) is 7.60. The fraction of sp³-hybridized carbons (Fsp3) is 0.300. The van der Waals surface area contributed by atoms with Crippen LogP contribution in [-0.2, 0) is 14.3 Å². The van der Waals surface area contributed by atoms with E-state index in [9.17, 15) is 14.0 Å². The van der Waals surface area contributed by atoms with E-state index in [0.29, 0.717) is 5.75 Å². The van der Waals surface area contributed by atoms with E-state index in [1.54, 1.807) is 0 Å². The fourth-order valence-corrected chi connectivity index (χ4v) is 4.55. The molecule has 3 rings (SSSR count). The lowest BCUT2D eigenvalue weighted by Gasteiger charge is -2.31. The van der Waals surface area contributed by atoms with Gasteiger partial charge in [0.1, 0.15) is 11.6 Å². The number of ether oxygens (including phenoxy) is 2. The lowest BCUT2D eigenvalue weighted by Crippen LogP contribution is -2.41. The van der Waals surface area contributed by atoms with E-state index >= 15 is 0 Å². The highest BCUT2D eigenvalue weighted by Gasteiger charge is 2.56. The van der Waals surface area contributed by atoms with Crippen LogP contribution in [-0.4, -0.2) is 30.8 Å². The highest BCUT2D eigenvalue weighted by molar-refractivity contribution is 8.01. The number of thioether (sulfide) groups is 1. The van der Waals surface area contributed by atoms with E-state index in [1.807, 2.05) is 31.2 Å². The molecule has 2 aromatic rings. The van der Waals surface area contributed by atoms with Crippen molar-refractivity contribution in [2.24, 2.45) is 0 Å². The van der Waals surface area contributed by atoms with Gasteiger partial charge in [0.2, 0.25) is 5.91 Å². The van der Waals surface area contributed by atoms with Crippen LogP contribution in [0.5, 0.6) is 5.75 Å². The summed E-state index contributed by atoms with van der Waals surface area (Å²) in [5, 5.41) is 2.74. The molecule has 1 N–H and O–H groups in total. The summed E-state index contributed by atoms with van der Waals surface area (Å²) in [6.45, 7) is 1.96. The Morgan fingerprint density at radius 3 is 2.56 bits per heavy atom. The Hall–Kier alpha value is -2.54. The van der Waals surface area contributed by atoms with Crippen molar-refractivity contribution in [1.29, 1.82) is 0 Å². The first-order valence-electron chi connectivity index (χ1n) is 8.36. The summed E-state index contributed by atoms with van der Waals surface area (Å²) in [7, 11) is 2.74. The molecule has 27 heavy (non-hydrogen) atoms. The average molecular weight is 389 g/mol. The summed E-state index contributed by atoms with van der Waals surface area (Å²) >= 11 is 1.20. The van der Waals surface area contributed by atoms with E-state index in [2.05, 4.69) is 5.32 Å². The number of esters is 1. The molecule has 5 nitrogen and oxygen atoms in total. The molecule has 0 bridgehead atoms. The Balaban J connectivity index is 2.11. The van der Waals surface area contributed by atoms with Gasteiger partial charge in [-0.05, 0) is 37.3 Å². The second-order valence-electron chi connectivity index (χ2n) is 6.36. The molecule has 0 aliphatic carbocycles. The van der Waals surface area contributed by atoms with Gasteiger partial charge in [-0.15, -0.1) is 11.8 Å². The monoisotopic (exact) mass is 389 g/mol. The molecule has 0 unspecified atom stereocenters. The van der Waals surface area contributed by atoms with E-state index in [1.165, 1.54) is 44.2 Å². The Kier molecular flexibility index (Phi) is 5.41. The molecule has 1 aliphatic rings. The molecule has 7 heteroatoms. The molecule has 1 heterocycles. The molecule has 0 aromatic heterocycles. The first-order valence-corrected chi connectivity index (χ1v) is 9.18. The van der Waals surface area contributed by atoms with Gasteiger partial charge in [0, 0.05) is 10.5 Å². The van der Waals surface area contributed by atoms with Crippen LogP contribution in [0.3, 0.4) is 0 Å². The van der Waals surface area contributed by atoms with Crippen molar-refractivity contribution in [1.82, 2.24) is 5.32 Å². The molecule has 2 aromatic carbocycles. The highest BCUT2D eigenvalue weighted by Crippen LogP contribution is 2.49. The standard InChI is InChI=1S/C20H20FNO4S/c1-12-4-7-14(8-5-12)27-20(19(24)26-3)11-17(23)22-18(20)15-10-13(25-2)6-9-16(15)21/h4-10,18H,11H2,1-3H3,(H,22,23)/t18-,20-/m1/s1. The minimum absolute atomic E-state index is 0.112. The van der Waals surface area contributed by atoms with Crippen LogP contribution < -0.4 is 10.1 Å². The van der Waals surface area contributed by atoms with Crippen LogP contribution in [0.25, 0.3) is 0 Å². The van der Waals surface area contributed by atoms with Crippen molar-refractivity contribution in [3.63, 3.8) is 0 Å². The highest BCUT2D eigenvalue weighted by atomic mass is 32.2. The van der Waals surface area contributed by atoms with Crippen molar-refractivity contribution in [2.45, 2.75) is 29.0 Å². The quantitative estimate of drug-likeness (QED) is 0.794. The predicted molar refractivity (Wildman–Crippen MR) is 100 cm³/mol. The van der Waals surface area contributed by atoms with Crippen LogP contribution in [0.2, 0.25) is 0 Å². The number of halogens is 1. The van der Waals surface area contributed by atoms with E-state index < -0.39 is 22.6 Å². The maximum atomic E-state index is 14.6. The Morgan fingerprint density at radius 1 is 1.22 bits per heavy atom. The molecule has 0 radical (unpaired) electrons. The second-order valence-corrected chi connectivity index (χ2v) is 7.76. The number of hydrogen-bond acceptors (Lipinski definition) is 5. The fourth-order valence-electron chi connectivity index (χ4n) is 3.18. The molecular weight excluding hydrogens is 369 g/mol. The Labute approximate surface area is 161 Å². The molecule has 0 saturated carbocycles. The normalized spacial score (nSPS) is 21.6. The molecule has 1 aliphatic heterocycles. The molecular formula is C20H20FNO4S. The maximum absolute atomic E-state index is 14.6. The number of nitrogens with one attached hydrogen (secondary N) is 1. The van der Waals surface area contributed by atoms with Crippen molar-refractivity contribution in [3.8, 4) is 5.75 Å². The molecule has 1 saturated heterocycles. The largest absolute Gasteiger partial charge is 0.497 e. The maximum Gasteiger partial charge on any atom is 0.325 e. The molecule has 2 atom stereocenters. The smallest absolute Gasteiger partial charge is 0.325 e. The third-order valence-electron chi connectivity index (χ3n) is 4.56. The van der Waals surface area contributed by atoms with Gasteiger partial charge in [-0.2, -0.15) is 0 Å². The lowest BCUT2D eigenvalue weighted by atomic mass is 9.92. The van der Waals surface area contributed by atoms with Crippen molar-refractivity contribution < 1.29 is 23.5 Å². The van der Waals surface area contributed by atoms with E-state index in [4.69, 9.17) is 9.47 Å². The zero-order valence-corrected chi connectivity index (χ0v) is 16.1. The van der Waals surface area contributed by atoms with Gasteiger partial charge < -0.3 is 14.8 Å². The van der Waals surface area contributed by atoms with Crippen molar-refractivity contribution in [3.05, 3.63) is 59.4 Å². The van der Waals surface area contributed by atoms with Crippen LogP contribution in [0, 0.1) is 12.7 Å². The minimum Gasteiger partial charge on any atom is -0.497 e. The number of hydrogen-bond donors (Lipinski definition) is 1. The summed E-state index contributed by atoms with van der Waals surface area (Å²) in [4.78, 5) is 25.9. The molecule has 1 amide bonds. The number of carbonyl (C=O) groups excluding carboxylic acids is 2. The zero-order chi connectivity index (χ0) is 19.6. The van der Waals surface area contributed by atoms with Gasteiger partial charge in [-0.3, -0.25) is 9.59 Å². The van der Waals surface area contributed by atoms with Gasteiger partial charge in [-0.1, -0.05) is 17.7 Å². The first kappa shape index (κ1) is 19.2. The van der Waals surface area contributed by atoms with Gasteiger partial charge in [0.05, 0.1) is 26.7 Å². The van der Waals surface area contributed by atoms with Gasteiger partial charge in [0.15, 0.2) is 4.75 Å². The average Bonchev–Trinajstić information content (AvgIpc) is 3.00. The van der Waals surface area contributed by atoms with Gasteiger partial charge in [-0.25, -0.2) is 4.39 Å². The number of carbonyl (C=O) groups is 2. The topological polar surface area (TPSA) is 64.6 Å². The van der Waals surface area contributed by atoms with E-state index in [-0.39, 0.29) is 17.9 Å². The third kappa shape index (κ3) is 3.64. The van der Waals surface area contributed by atoms with Crippen LogP contribution in [0.1, 0.15) is 23.6 Å². The predicted octanol–water partition coefficient (Wildman–Crippen LogP) is 3.41. The van der Waals surface area contributed by atoms with E-state index in [0.717, 1.165) is 10.5 Å². The van der Waals surface area contributed by atoms with Crippen LogP contribution in [0.15, 0.2) is 47.4 Å². The van der Waals surface area contributed by atoms with Crippen molar-refractivity contribution >= 4 is 23.6 Å². The SMILES string of the molecule is COC(=O)[C@@]1(Sc2ccc(C)cc2)CC(=O)N[C@@H]1c1cc(OC)ccc1F. The summed E-state index contributed by atoms with van der Waals surface area (Å²) < 4.78 is 23.5. The number of rotatable bonds is 5. The molecule has 142 valence electrons. The van der Waals surface area contributed by atoms with Crippen molar-refractivity contribution in [2.75, 3.05) is 14.2 Å². The first-order chi connectivity index (χ1) is 12.9. The summed E-state index contributed by atoms with van der Waals surface area (Å²) in [6, 6.07) is 10.9. The zero-order valence-electron chi connectivity index (χ0n) is 15.2.